The zero-order valence-corrected chi connectivity index (χ0v) is 9.95. The molecular formula is C11H22N2O2. The molecule has 0 bridgehead atoms. The van der Waals surface area contributed by atoms with Crippen LogP contribution in [0.15, 0.2) is 0 Å². The lowest BCUT2D eigenvalue weighted by molar-refractivity contribution is -0.149. The summed E-state index contributed by atoms with van der Waals surface area (Å²) in [6, 6.07) is 0.356. The highest BCUT2D eigenvalue weighted by Crippen LogP contribution is 2.12. The van der Waals surface area contributed by atoms with Gasteiger partial charge >= 0.3 is 5.97 Å². The van der Waals surface area contributed by atoms with E-state index in [2.05, 4.69) is 17.1 Å². The monoisotopic (exact) mass is 214 g/mol. The van der Waals surface area contributed by atoms with Gasteiger partial charge in [-0.15, -0.1) is 0 Å². The van der Waals surface area contributed by atoms with Crippen molar-refractivity contribution in [3.05, 3.63) is 0 Å². The minimum absolute atomic E-state index is 0.105. The Morgan fingerprint density at radius 2 is 2.33 bits per heavy atom. The molecule has 15 heavy (non-hydrogen) atoms. The number of carbonyl (C=O) groups excluding carboxylic acids is 1. The maximum Gasteiger partial charge on any atom is 0.323 e. The van der Waals surface area contributed by atoms with E-state index in [1.54, 1.807) is 0 Å². The molecule has 0 aromatic carbocycles. The van der Waals surface area contributed by atoms with E-state index in [9.17, 15) is 4.79 Å². The first-order valence-corrected chi connectivity index (χ1v) is 5.83. The number of hydrogen-bond acceptors (Lipinski definition) is 4. The molecule has 1 rings (SSSR count). The second-order valence-corrected chi connectivity index (χ2v) is 3.91. The summed E-state index contributed by atoms with van der Waals surface area (Å²) in [6.07, 6.45) is 1.12. The molecule has 1 aliphatic heterocycles. The quantitative estimate of drug-likeness (QED) is 0.681. The fourth-order valence-electron chi connectivity index (χ4n) is 2.17. The van der Waals surface area contributed by atoms with E-state index in [-0.39, 0.29) is 12.0 Å². The predicted octanol–water partition coefficient (Wildman–Crippen LogP) is 0.622. The largest absolute Gasteiger partial charge is 0.465 e. The Morgan fingerprint density at radius 1 is 1.60 bits per heavy atom. The van der Waals surface area contributed by atoms with Gasteiger partial charge in [-0.2, -0.15) is 0 Å². The van der Waals surface area contributed by atoms with Crippen molar-refractivity contribution in [1.82, 2.24) is 10.2 Å². The molecule has 1 N–H and O–H groups in total. The number of nitrogens with zero attached hydrogens (tertiary/aromatic N) is 1. The smallest absolute Gasteiger partial charge is 0.323 e. The summed E-state index contributed by atoms with van der Waals surface area (Å²) in [5, 5.41) is 3.32. The lowest BCUT2D eigenvalue weighted by Gasteiger charge is -2.31. The normalized spacial score (nSPS) is 23.1. The summed E-state index contributed by atoms with van der Waals surface area (Å²) < 4.78 is 5.05. The van der Waals surface area contributed by atoms with Crippen LogP contribution in [-0.2, 0) is 9.53 Å². The van der Waals surface area contributed by atoms with Gasteiger partial charge in [0.1, 0.15) is 6.04 Å². The van der Waals surface area contributed by atoms with Crippen molar-refractivity contribution in [2.45, 2.75) is 39.3 Å². The van der Waals surface area contributed by atoms with Gasteiger partial charge < -0.3 is 10.1 Å². The Labute approximate surface area is 92.0 Å². The van der Waals surface area contributed by atoms with Crippen LogP contribution in [-0.4, -0.2) is 49.2 Å². The van der Waals surface area contributed by atoms with Crippen molar-refractivity contribution in [3.63, 3.8) is 0 Å². The number of nitrogens with one attached hydrogen (secondary N) is 1. The predicted molar refractivity (Wildman–Crippen MR) is 59.7 cm³/mol. The molecule has 88 valence electrons. The van der Waals surface area contributed by atoms with Crippen LogP contribution in [0.1, 0.15) is 27.2 Å². The maximum absolute atomic E-state index is 11.6. The summed E-state index contributed by atoms with van der Waals surface area (Å²) >= 11 is 0. The molecule has 0 radical (unpaired) electrons. The van der Waals surface area contributed by atoms with E-state index in [4.69, 9.17) is 4.74 Å². The Kier molecular flexibility index (Phi) is 5.05. The lowest BCUT2D eigenvalue weighted by Crippen LogP contribution is -2.47. The van der Waals surface area contributed by atoms with E-state index in [0.717, 1.165) is 26.1 Å². The van der Waals surface area contributed by atoms with Gasteiger partial charge in [0.25, 0.3) is 0 Å². The van der Waals surface area contributed by atoms with Crippen molar-refractivity contribution >= 4 is 5.97 Å². The third-order valence-electron chi connectivity index (χ3n) is 2.99. The molecule has 2 unspecified atom stereocenters. The van der Waals surface area contributed by atoms with Gasteiger partial charge in [0.2, 0.25) is 0 Å². The molecule has 1 aliphatic rings. The van der Waals surface area contributed by atoms with Gasteiger partial charge in [-0.3, -0.25) is 9.69 Å². The van der Waals surface area contributed by atoms with E-state index >= 15 is 0 Å². The number of carbonyl (C=O) groups is 1. The second-order valence-electron chi connectivity index (χ2n) is 3.91. The summed E-state index contributed by atoms with van der Waals surface area (Å²) in [5.74, 6) is -0.105. The standard InChI is InChI=1S/C11H22N2O2/c1-4-13(10-6-7-12-8-10)9(3)11(14)15-5-2/h9-10,12H,4-8H2,1-3H3. The molecular weight excluding hydrogens is 192 g/mol. The maximum atomic E-state index is 11.6. The van der Waals surface area contributed by atoms with Crippen molar-refractivity contribution in [3.8, 4) is 0 Å². The van der Waals surface area contributed by atoms with Crippen LogP contribution >= 0.6 is 0 Å². The first-order valence-electron chi connectivity index (χ1n) is 5.83. The van der Waals surface area contributed by atoms with E-state index in [1.807, 2.05) is 13.8 Å². The highest BCUT2D eigenvalue weighted by Gasteiger charge is 2.29. The molecule has 0 aliphatic carbocycles. The van der Waals surface area contributed by atoms with Crippen LogP contribution in [0.5, 0.6) is 0 Å². The van der Waals surface area contributed by atoms with Gasteiger partial charge in [-0.05, 0) is 33.4 Å². The molecule has 0 saturated carbocycles. The number of esters is 1. The second kappa shape index (κ2) is 6.08. The van der Waals surface area contributed by atoms with E-state index in [1.165, 1.54) is 0 Å². The molecule has 4 nitrogen and oxygen atoms in total. The molecule has 0 aromatic rings. The summed E-state index contributed by atoms with van der Waals surface area (Å²) in [7, 11) is 0. The molecule has 4 heteroatoms. The van der Waals surface area contributed by atoms with Crippen molar-refractivity contribution in [2.24, 2.45) is 0 Å². The topological polar surface area (TPSA) is 41.6 Å². The Balaban J connectivity index is 2.52. The average Bonchev–Trinajstić information content (AvgIpc) is 2.72. The number of ether oxygens (including phenoxy) is 1. The van der Waals surface area contributed by atoms with Gasteiger partial charge in [0.15, 0.2) is 0 Å². The molecule has 1 heterocycles. The number of hydrogen-bond donors (Lipinski definition) is 1. The summed E-state index contributed by atoms with van der Waals surface area (Å²) in [6.45, 7) is 9.26. The minimum Gasteiger partial charge on any atom is -0.465 e. The zero-order chi connectivity index (χ0) is 11.3. The fourth-order valence-corrected chi connectivity index (χ4v) is 2.17. The number of likely N-dealkylation sites (N-methyl/N-ethyl adjacent to an activating group) is 1. The summed E-state index contributed by atoms with van der Waals surface area (Å²) in [4.78, 5) is 13.8. The van der Waals surface area contributed by atoms with Crippen molar-refractivity contribution < 1.29 is 9.53 Å². The van der Waals surface area contributed by atoms with Gasteiger partial charge in [0.05, 0.1) is 6.61 Å². The molecule has 0 amide bonds. The van der Waals surface area contributed by atoms with Crippen LogP contribution in [0, 0.1) is 0 Å². The van der Waals surface area contributed by atoms with Crippen LogP contribution in [0.25, 0.3) is 0 Å². The van der Waals surface area contributed by atoms with Crippen LogP contribution < -0.4 is 5.32 Å². The van der Waals surface area contributed by atoms with E-state index < -0.39 is 0 Å². The van der Waals surface area contributed by atoms with Gasteiger partial charge in [-0.25, -0.2) is 0 Å². The number of rotatable bonds is 5. The highest BCUT2D eigenvalue weighted by molar-refractivity contribution is 5.75. The molecule has 0 aromatic heterocycles. The Hall–Kier alpha value is -0.610. The Bertz CT molecular complexity index is 203. The van der Waals surface area contributed by atoms with Gasteiger partial charge in [-0.1, -0.05) is 6.92 Å². The molecule has 2 atom stereocenters. The van der Waals surface area contributed by atoms with Crippen LogP contribution in [0.4, 0.5) is 0 Å². The lowest BCUT2D eigenvalue weighted by atomic mass is 10.1. The molecule has 1 saturated heterocycles. The third kappa shape index (κ3) is 3.18. The average molecular weight is 214 g/mol. The zero-order valence-electron chi connectivity index (χ0n) is 9.95. The first-order chi connectivity index (χ1) is 7.20. The fraction of sp³-hybridized carbons (Fsp3) is 0.909. The third-order valence-corrected chi connectivity index (χ3v) is 2.99. The van der Waals surface area contributed by atoms with Gasteiger partial charge in [0, 0.05) is 12.6 Å². The van der Waals surface area contributed by atoms with E-state index in [0.29, 0.717) is 12.6 Å². The Morgan fingerprint density at radius 3 is 2.80 bits per heavy atom. The minimum atomic E-state index is -0.125. The first kappa shape index (κ1) is 12.5. The highest BCUT2D eigenvalue weighted by atomic mass is 16.5. The molecule has 0 spiro atoms. The van der Waals surface area contributed by atoms with Crippen molar-refractivity contribution in [2.75, 3.05) is 26.2 Å². The molecule has 1 fully saturated rings. The van der Waals surface area contributed by atoms with Crippen molar-refractivity contribution in [1.29, 1.82) is 0 Å². The van der Waals surface area contributed by atoms with Crippen LogP contribution in [0.3, 0.4) is 0 Å². The summed E-state index contributed by atoms with van der Waals surface area (Å²) in [5.41, 5.74) is 0. The van der Waals surface area contributed by atoms with Crippen LogP contribution in [0.2, 0.25) is 0 Å². The SMILES string of the molecule is CCOC(=O)C(C)N(CC)C1CCNC1.